The first kappa shape index (κ1) is 15.8. The predicted molar refractivity (Wildman–Crippen MR) is 86.9 cm³/mol. The minimum atomic E-state index is -0.501. The molecular weight excluding hydrogens is 318 g/mol. The van der Waals surface area contributed by atoms with Crippen molar-refractivity contribution in [2.75, 3.05) is 13.2 Å². The molecule has 1 heterocycles. The maximum absolute atomic E-state index is 10.8. The molecule has 0 saturated carbocycles. The largest absolute Gasteiger partial charge is 0.482 e. The number of rotatable bonds is 4. The zero-order valence-corrected chi connectivity index (χ0v) is 13.2. The highest BCUT2D eigenvalue weighted by molar-refractivity contribution is 6.30. The molecule has 1 fully saturated rings. The van der Waals surface area contributed by atoms with Crippen molar-refractivity contribution in [1.82, 2.24) is 0 Å². The summed E-state index contributed by atoms with van der Waals surface area (Å²) in [5, 5.41) is 11.4. The van der Waals surface area contributed by atoms with E-state index in [1.165, 1.54) is 12.1 Å². The lowest BCUT2D eigenvalue weighted by Gasteiger charge is -2.38. The van der Waals surface area contributed by atoms with Crippen molar-refractivity contribution in [3.8, 4) is 5.75 Å². The zero-order chi connectivity index (χ0) is 16.3. The average molecular weight is 334 g/mol. The molecule has 120 valence electrons. The smallest absolute Gasteiger partial charge is 0.269 e. The monoisotopic (exact) mass is 333 g/mol. The van der Waals surface area contributed by atoms with Crippen LogP contribution in [0.3, 0.4) is 0 Å². The van der Waals surface area contributed by atoms with Crippen LogP contribution in [0.5, 0.6) is 5.75 Å². The second-order valence-corrected chi connectivity index (χ2v) is 5.90. The number of halogens is 1. The van der Waals surface area contributed by atoms with Crippen molar-refractivity contribution in [1.29, 1.82) is 0 Å². The first-order valence-corrected chi connectivity index (χ1v) is 7.74. The maximum atomic E-state index is 10.8. The zero-order valence-electron chi connectivity index (χ0n) is 12.4. The highest BCUT2D eigenvalue weighted by Gasteiger charge is 2.37. The van der Waals surface area contributed by atoms with E-state index in [2.05, 4.69) is 0 Å². The van der Waals surface area contributed by atoms with Gasteiger partial charge in [-0.1, -0.05) is 23.7 Å². The fourth-order valence-electron chi connectivity index (χ4n) is 2.77. The molecule has 23 heavy (non-hydrogen) atoms. The third-order valence-electron chi connectivity index (χ3n) is 4.03. The van der Waals surface area contributed by atoms with Crippen molar-refractivity contribution in [3.63, 3.8) is 0 Å². The molecular formula is C17H16ClNO4. The van der Waals surface area contributed by atoms with E-state index in [-0.39, 0.29) is 5.69 Å². The number of ether oxygens (including phenoxy) is 2. The van der Waals surface area contributed by atoms with E-state index >= 15 is 0 Å². The van der Waals surface area contributed by atoms with E-state index < -0.39 is 10.5 Å². The van der Waals surface area contributed by atoms with Crippen LogP contribution in [0.2, 0.25) is 5.02 Å². The average Bonchev–Trinajstić information content (AvgIpc) is 2.57. The van der Waals surface area contributed by atoms with Gasteiger partial charge in [0.15, 0.2) is 0 Å². The van der Waals surface area contributed by atoms with Crippen LogP contribution in [0.15, 0.2) is 48.5 Å². The molecule has 0 N–H and O–H groups in total. The van der Waals surface area contributed by atoms with Gasteiger partial charge in [-0.2, -0.15) is 0 Å². The summed E-state index contributed by atoms with van der Waals surface area (Å²) in [6.45, 7) is 1.21. The van der Waals surface area contributed by atoms with Crippen molar-refractivity contribution in [2.24, 2.45) is 0 Å². The van der Waals surface area contributed by atoms with Gasteiger partial charge in [0.05, 0.1) is 18.1 Å². The van der Waals surface area contributed by atoms with Gasteiger partial charge in [-0.15, -0.1) is 0 Å². The molecule has 0 unspecified atom stereocenters. The SMILES string of the molecule is O=[N+]([O-])c1ccc(OC2(c3ccc(Cl)cc3)CCOCC2)cc1. The summed E-state index contributed by atoms with van der Waals surface area (Å²) in [7, 11) is 0. The minimum absolute atomic E-state index is 0.0462. The molecule has 0 atom stereocenters. The van der Waals surface area contributed by atoms with Crippen LogP contribution < -0.4 is 4.74 Å². The number of benzene rings is 2. The molecule has 0 aromatic heterocycles. The van der Waals surface area contributed by atoms with Gasteiger partial charge in [0.25, 0.3) is 5.69 Å². The fourth-order valence-corrected chi connectivity index (χ4v) is 2.89. The van der Waals surface area contributed by atoms with E-state index in [9.17, 15) is 10.1 Å². The van der Waals surface area contributed by atoms with Gasteiger partial charge < -0.3 is 9.47 Å². The van der Waals surface area contributed by atoms with E-state index in [4.69, 9.17) is 21.1 Å². The molecule has 0 aliphatic carbocycles. The van der Waals surface area contributed by atoms with Gasteiger partial charge in [0.2, 0.25) is 0 Å². The van der Waals surface area contributed by atoms with Gasteiger partial charge in [-0.3, -0.25) is 10.1 Å². The van der Waals surface area contributed by atoms with E-state index in [1.54, 1.807) is 12.1 Å². The number of hydrogen-bond acceptors (Lipinski definition) is 4. The van der Waals surface area contributed by atoms with Gasteiger partial charge in [-0.25, -0.2) is 0 Å². The lowest BCUT2D eigenvalue weighted by molar-refractivity contribution is -0.384. The number of nitro groups is 1. The van der Waals surface area contributed by atoms with Crippen molar-refractivity contribution < 1.29 is 14.4 Å². The summed E-state index contributed by atoms with van der Waals surface area (Å²) in [5.41, 5.74) is 0.576. The van der Waals surface area contributed by atoms with Crippen LogP contribution in [0.25, 0.3) is 0 Å². The topological polar surface area (TPSA) is 61.6 Å². The summed E-state index contributed by atoms with van der Waals surface area (Å²) in [6, 6.07) is 13.8. The molecule has 1 aliphatic rings. The normalized spacial score (nSPS) is 16.7. The third kappa shape index (κ3) is 3.46. The van der Waals surface area contributed by atoms with Crippen LogP contribution in [-0.2, 0) is 10.3 Å². The van der Waals surface area contributed by atoms with Crippen molar-refractivity contribution >= 4 is 17.3 Å². The lowest BCUT2D eigenvalue weighted by atomic mass is 9.86. The first-order chi connectivity index (χ1) is 11.1. The molecule has 2 aromatic carbocycles. The van der Waals surface area contributed by atoms with Crippen molar-refractivity contribution in [2.45, 2.75) is 18.4 Å². The Morgan fingerprint density at radius 1 is 1.04 bits per heavy atom. The Balaban J connectivity index is 1.90. The van der Waals surface area contributed by atoms with Crippen LogP contribution >= 0.6 is 11.6 Å². The summed E-state index contributed by atoms with van der Waals surface area (Å²) < 4.78 is 11.7. The Labute approximate surface area is 138 Å². The Morgan fingerprint density at radius 2 is 1.65 bits per heavy atom. The molecule has 6 heteroatoms. The standard InChI is InChI=1S/C17H16ClNO4/c18-14-3-1-13(2-4-14)17(9-11-22-12-10-17)23-16-7-5-15(6-8-16)19(20)21/h1-8H,9-12H2. The van der Waals surface area contributed by atoms with Crippen LogP contribution in [0.1, 0.15) is 18.4 Å². The Bertz CT molecular complexity index is 679. The second-order valence-electron chi connectivity index (χ2n) is 5.47. The quantitative estimate of drug-likeness (QED) is 0.617. The number of nitrogens with zero attached hydrogens (tertiary/aromatic N) is 1. The van der Waals surface area contributed by atoms with Crippen LogP contribution in [0, 0.1) is 10.1 Å². The molecule has 1 aliphatic heterocycles. The third-order valence-corrected chi connectivity index (χ3v) is 4.28. The molecule has 0 spiro atoms. The number of non-ortho nitro benzene ring substituents is 1. The highest BCUT2D eigenvalue weighted by Crippen LogP contribution is 2.38. The molecule has 5 nitrogen and oxygen atoms in total. The van der Waals surface area contributed by atoms with E-state index in [1.807, 2.05) is 24.3 Å². The Kier molecular flexibility index (Phi) is 4.50. The molecule has 0 radical (unpaired) electrons. The number of hydrogen-bond donors (Lipinski definition) is 0. The lowest BCUT2D eigenvalue weighted by Crippen LogP contribution is -2.39. The van der Waals surface area contributed by atoms with Gasteiger partial charge in [0, 0.05) is 30.0 Å². The Morgan fingerprint density at radius 3 is 2.22 bits per heavy atom. The van der Waals surface area contributed by atoms with Crippen LogP contribution in [-0.4, -0.2) is 18.1 Å². The second kappa shape index (κ2) is 6.56. The highest BCUT2D eigenvalue weighted by atomic mass is 35.5. The van der Waals surface area contributed by atoms with E-state index in [0.29, 0.717) is 36.8 Å². The maximum Gasteiger partial charge on any atom is 0.269 e. The van der Waals surface area contributed by atoms with Crippen LogP contribution in [0.4, 0.5) is 5.69 Å². The van der Waals surface area contributed by atoms with Gasteiger partial charge in [-0.05, 0) is 29.8 Å². The molecule has 0 amide bonds. The first-order valence-electron chi connectivity index (χ1n) is 7.36. The van der Waals surface area contributed by atoms with Gasteiger partial charge in [0.1, 0.15) is 11.4 Å². The summed E-state index contributed by atoms with van der Waals surface area (Å²) in [4.78, 5) is 10.3. The van der Waals surface area contributed by atoms with Gasteiger partial charge >= 0.3 is 0 Å². The summed E-state index contributed by atoms with van der Waals surface area (Å²) in [5.74, 6) is 0.604. The molecule has 1 saturated heterocycles. The molecule has 0 bridgehead atoms. The van der Waals surface area contributed by atoms with Crippen molar-refractivity contribution in [3.05, 3.63) is 69.2 Å². The predicted octanol–water partition coefficient (Wildman–Crippen LogP) is 4.33. The fraction of sp³-hybridized carbons (Fsp3) is 0.294. The summed E-state index contributed by atoms with van der Waals surface area (Å²) in [6.07, 6.45) is 1.43. The van der Waals surface area contributed by atoms with E-state index in [0.717, 1.165) is 5.56 Å². The summed E-state index contributed by atoms with van der Waals surface area (Å²) >= 11 is 5.97. The molecule has 3 rings (SSSR count). The number of nitro benzene ring substituents is 1. The minimum Gasteiger partial charge on any atom is -0.482 e. The Hall–Kier alpha value is -2.11. The molecule has 2 aromatic rings.